The fourth-order valence-corrected chi connectivity index (χ4v) is 5.79. The Kier molecular flexibility index (Phi) is 9.60. The highest BCUT2D eigenvalue weighted by Gasteiger charge is 2.34. The summed E-state index contributed by atoms with van der Waals surface area (Å²) in [5, 5.41) is 0. The minimum atomic E-state index is 0.214. The van der Waals surface area contributed by atoms with E-state index in [1.807, 2.05) is 0 Å². The van der Waals surface area contributed by atoms with Crippen molar-refractivity contribution in [2.75, 3.05) is 0 Å². The van der Waals surface area contributed by atoms with Crippen LogP contribution in [0.1, 0.15) is 94.4 Å². The molecule has 2 aromatic rings. The molecule has 3 unspecified atom stereocenters. The molecule has 0 spiro atoms. The number of hydrogen-bond acceptors (Lipinski definition) is 1. The van der Waals surface area contributed by atoms with E-state index in [9.17, 15) is 0 Å². The van der Waals surface area contributed by atoms with Gasteiger partial charge in [-0.25, -0.2) is 0 Å². The van der Waals surface area contributed by atoms with Crippen molar-refractivity contribution < 1.29 is 4.74 Å². The van der Waals surface area contributed by atoms with Gasteiger partial charge >= 0.3 is 0 Å². The van der Waals surface area contributed by atoms with Crippen LogP contribution >= 0.6 is 0 Å². The third kappa shape index (κ3) is 5.93. The third-order valence-electron chi connectivity index (χ3n) is 7.64. The molecule has 3 rings (SSSR count). The molecular weight excluding hydrogens is 388 g/mol. The molecule has 2 aromatic carbocycles. The van der Waals surface area contributed by atoms with Crippen LogP contribution in [0.15, 0.2) is 54.1 Å². The molecule has 0 radical (unpaired) electrons. The van der Waals surface area contributed by atoms with Crippen molar-refractivity contribution >= 4 is 5.57 Å². The van der Waals surface area contributed by atoms with Crippen molar-refractivity contribution in [1.82, 2.24) is 0 Å². The van der Waals surface area contributed by atoms with Crippen LogP contribution in [0.25, 0.3) is 5.57 Å². The molecule has 0 saturated heterocycles. The zero-order valence-electron chi connectivity index (χ0n) is 21.1. The van der Waals surface area contributed by atoms with Crippen LogP contribution in [0.5, 0.6) is 0 Å². The molecule has 1 heteroatoms. The van der Waals surface area contributed by atoms with Crippen LogP contribution in [0.2, 0.25) is 0 Å². The van der Waals surface area contributed by atoms with E-state index in [4.69, 9.17) is 4.74 Å². The standard InChI is InChI=1S/C31H44O/c1-6-15-30(28-20-13-10-17-24(28)5)27(8-3)31(29-21-14-12-18-25(29)7-2)32-22-26-19-11-9-16-23(26)4/h9-11,13,16-17,19-20,25,29,31H,6-8,12,14-15,18,21-22H2,1-5H3/b30-27+. The fraction of sp³-hybridized carbons (Fsp3) is 0.548. The first kappa shape index (κ1) is 24.8. The number of aryl methyl sites for hydroxylation is 2. The van der Waals surface area contributed by atoms with E-state index in [2.05, 4.69) is 83.1 Å². The molecule has 0 bridgehead atoms. The maximum absolute atomic E-state index is 6.96. The molecule has 3 atom stereocenters. The van der Waals surface area contributed by atoms with Gasteiger partial charge in [0, 0.05) is 0 Å². The summed E-state index contributed by atoms with van der Waals surface area (Å²) in [7, 11) is 0. The lowest BCUT2D eigenvalue weighted by Gasteiger charge is -2.39. The summed E-state index contributed by atoms with van der Waals surface area (Å²) in [4.78, 5) is 0. The van der Waals surface area contributed by atoms with Crippen molar-refractivity contribution in [2.45, 2.75) is 98.7 Å². The van der Waals surface area contributed by atoms with Gasteiger partial charge in [0.1, 0.15) is 0 Å². The summed E-state index contributed by atoms with van der Waals surface area (Å²) < 4.78 is 6.96. The molecule has 1 saturated carbocycles. The second-order valence-corrected chi connectivity index (χ2v) is 9.70. The third-order valence-corrected chi connectivity index (χ3v) is 7.64. The lowest BCUT2D eigenvalue weighted by Crippen LogP contribution is -2.34. The molecule has 0 aliphatic heterocycles. The molecule has 1 fully saturated rings. The van der Waals surface area contributed by atoms with Crippen LogP contribution < -0.4 is 0 Å². The lowest BCUT2D eigenvalue weighted by molar-refractivity contribution is -0.0101. The van der Waals surface area contributed by atoms with Crippen LogP contribution in [0, 0.1) is 25.7 Å². The molecule has 1 aliphatic carbocycles. The van der Waals surface area contributed by atoms with E-state index in [0.717, 1.165) is 18.8 Å². The number of ether oxygens (including phenoxy) is 1. The summed E-state index contributed by atoms with van der Waals surface area (Å²) in [6, 6.07) is 17.6. The largest absolute Gasteiger partial charge is 0.369 e. The Morgan fingerprint density at radius 2 is 1.59 bits per heavy atom. The van der Waals surface area contributed by atoms with Crippen LogP contribution in [0.4, 0.5) is 0 Å². The van der Waals surface area contributed by atoms with Crippen molar-refractivity contribution in [3.63, 3.8) is 0 Å². The Morgan fingerprint density at radius 1 is 0.906 bits per heavy atom. The minimum Gasteiger partial charge on any atom is -0.369 e. The predicted molar refractivity (Wildman–Crippen MR) is 139 cm³/mol. The van der Waals surface area contributed by atoms with Crippen molar-refractivity contribution in [1.29, 1.82) is 0 Å². The SMILES string of the molecule is CCC/C(=C(/CC)C(OCc1ccccc1C)C1CCCCC1CC)c1ccccc1C. The summed E-state index contributed by atoms with van der Waals surface area (Å²) in [6.45, 7) is 12.2. The van der Waals surface area contributed by atoms with Gasteiger partial charge in [0.2, 0.25) is 0 Å². The fourth-order valence-electron chi connectivity index (χ4n) is 5.79. The maximum atomic E-state index is 6.96. The van der Waals surface area contributed by atoms with Gasteiger partial charge in [0.15, 0.2) is 0 Å². The number of rotatable bonds is 10. The summed E-state index contributed by atoms with van der Waals surface area (Å²) >= 11 is 0. The van der Waals surface area contributed by atoms with E-state index >= 15 is 0 Å². The van der Waals surface area contributed by atoms with Crippen molar-refractivity contribution in [3.05, 3.63) is 76.4 Å². The van der Waals surface area contributed by atoms with Crippen molar-refractivity contribution in [3.8, 4) is 0 Å². The zero-order chi connectivity index (χ0) is 22.9. The van der Waals surface area contributed by atoms with E-state index in [0.29, 0.717) is 12.5 Å². The Morgan fingerprint density at radius 3 is 2.25 bits per heavy atom. The monoisotopic (exact) mass is 432 g/mol. The normalized spacial score (nSPS) is 20.7. The van der Waals surface area contributed by atoms with Gasteiger partial charge in [-0.2, -0.15) is 0 Å². The van der Waals surface area contributed by atoms with Crippen molar-refractivity contribution in [2.24, 2.45) is 11.8 Å². The first-order valence-electron chi connectivity index (χ1n) is 13.0. The zero-order valence-corrected chi connectivity index (χ0v) is 21.1. The molecule has 174 valence electrons. The number of hydrogen-bond donors (Lipinski definition) is 0. The van der Waals surface area contributed by atoms with Crippen LogP contribution in [-0.4, -0.2) is 6.10 Å². The Labute approximate surface area is 197 Å². The Balaban J connectivity index is 2.06. The highest BCUT2D eigenvalue weighted by molar-refractivity contribution is 5.71. The first-order valence-corrected chi connectivity index (χ1v) is 13.0. The van der Waals surface area contributed by atoms with Gasteiger partial charge < -0.3 is 4.74 Å². The van der Waals surface area contributed by atoms with E-state index < -0.39 is 0 Å². The Hall–Kier alpha value is -1.86. The number of allylic oxidation sites excluding steroid dienone is 1. The molecular formula is C31H44O. The second-order valence-electron chi connectivity index (χ2n) is 9.70. The molecule has 0 N–H and O–H groups in total. The molecule has 32 heavy (non-hydrogen) atoms. The minimum absolute atomic E-state index is 0.214. The maximum Gasteiger partial charge on any atom is 0.0826 e. The predicted octanol–water partition coefficient (Wildman–Crippen LogP) is 9.07. The summed E-state index contributed by atoms with van der Waals surface area (Å²) in [5.74, 6) is 1.40. The molecule has 0 amide bonds. The first-order chi connectivity index (χ1) is 15.6. The summed E-state index contributed by atoms with van der Waals surface area (Å²) in [6.07, 6.45) is 10.2. The topological polar surface area (TPSA) is 9.23 Å². The van der Waals surface area contributed by atoms with Gasteiger partial charge in [0.05, 0.1) is 12.7 Å². The van der Waals surface area contributed by atoms with Crippen LogP contribution in [-0.2, 0) is 11.3 Å². The van der Waals surface area contributed by atoms with Gasteiger partial charge in [-0.05, 0) is 78.3 Å². The highest BCUT2D eigenvalue weighted by atomic mass is 16.5. The average Bonchev–Trinajstić information content (AvgIpc) is 2.82. The quantitative estimate of drug-likeness (QED) is 0.364. The van der Waals surface area contributed by atoms with E-state index in [1.54, 1.807) is 11.1 Å². The molecule has 0 heterocycles. The smallest absolute Gasteiger partial charge is 0.0826 e. The van der Waals surface area contributed by atoms with Crippen LogP contribution in [0.3, 0.4) is 0 Å². The molecule has 1 nitrogen and oxygen atoms in total. The number of benzene rings is 2. The van der Waals surface area contributed by atoms with Gasteiger partial charge in [-0.1, -0.05) is 101 Å². The average molecular weight is 433 g/mol. The van der Waals surface area contributed by atoms with Gasteiger partial charge in [-0.15, -0.1) is 0 Å². The second kappa shape index (κ2) is 12.4. The van der Waals surface area contributed by atoms with Gasteiger partial charge in [0.25, 0.3) is 0 Å². The van der Waals surface area contributed by atoms with E-state index in [1.165, 1.54) is 60.8 Å². The molecule has 1 aliphatic rings. The van der Waals surface area contributed by atoms with E-state index in [-0.39, 0.29) is 6.10 Å². The molecule has 0 aromatic heterocycles. The Bertz CT molecular complexity index is 878. The summed E-state index contributed by atoms with van der Waals surface area (Å²) in [5.41, 5.74) is 8.57. The highest BCUT2D eigenvalue weighted by Crippen LogP contribution is 2.42. The lowest BCUT2D eigenvalue weighted by atomic mass is 9.71. The van der Waals surface area contributed by atoms with Gasteiger partial charge in [-0.3, -0.25) is 0 Å².